The summed E-state index contributed by atoms with van der Waals surface area (Å²) < 4.78 is 26.1. The highest BCUT2D eigenvalue weighted by molar-refractivity contribution is 8.00. The minimum absolute atomic E-state index is 0.0645. The van der Waals surface area contributed by atoms with E-state index in [0.717, 1.165) is 49.6 Å². The van der Waals surface area contributed by atoms with E-state index in [1.165, 1.54) is 6.07 Å². The highest BCUT2D eigenvalue weighted by atomic mass is 32.2. The molecule has 7 heteroatoms. The monoisotopic (exact) mass is 390 g/mol. The summed E-state index contributed by atoms with van der Waals surface area (Å²) in [5, 5.41) is 5.73. The van der Waals surface area contributed by atoms with Gasteiger partial charge in [-0.05, 0) is 55.3 Å². The van der Waals surface area contributed by atoms with E-state index in [1.54, 1.807) is 24.3 Å². The Morgan fingerprint density at radius 1 is 1.00 bits per heavy atom. The second-order valence-corrected chi connectivity index (χ2v) is 7.49. The van der Waals surface area contributed by atoms with E-state index in [0.29, 0.717) is 16.1 Å². The third-order valence-electron chi connectivity index (χ3n) is 4.38. The lowest BCUT2D eigenvalue weighted by atomic mass is 10.1. The van der Waals surface area contributed by atoms with Gasteiger partial charge in [0.15, 0.2) is 11.6 Å². The topological polar surface area (TPSA) is 58.2 Å². The Morgan fingerprint density at radius 2 is 1.70 bits per heavy atom. The maximum Gasteiger partial charge on any atom is 0.251 e. The predicted molar refractivity (Wildman–Crippen MR) is 102 cm³/mol. The lowest BCUT2D eigenvalue weighted by molar-refractivity contribution is -0.113. The van der Waals surface area contributed by atoms with Gasteiger partial charge in [0.05, 0.1) is 5.75 Å². The third kappa shape index (κ3) is 5.53. The number of thioether (sulfide) groups is 1. The van der Waals surface area contributed by atoms with Crippen LogP contribution in [-0.2, 0) is 4.79 Å². The minimum atomic E-state index is -0.938. The molecule has 1 saturated carbocycles. The van der Waals surface area contributed by atoms with Gasteiger partial charge in [0.1, 0.15) is 0 Å². The lowest BCUT2D eigenvalue weighted by Crippen LogP contribution is -2.32. The van der Waals surface area contributed by atoms with Crippen molar-refractivity contribution in [2.45, 2.75) is 36.6 Å². The second-order valence-electron chi connectivity index (χ2n) is 6.44. The van der Waals surface area contributed by atoms with Crippen molar-refractivity contribution >= 4 is 29.3 Å². The van der Waals surface area contributed by atoms with Crippen molar-refractivity contribution < 1.29 is 18.4 Å². The van der Waals surface area contributed by atoms with Gasteiger partial charge in [0.2, 0.25) is 5.91 Å². The summed E-state index contributed by atoms with van der Waals surface area (Å²) in [4.78, 5) is 24.7. The molecule has 0 atom stereocenters. The Bertz CT molecular complexity index is 821. The summed E-state index contributed by atoms with van der Waals surface area (Å²) in [5.74, 6) is -2.16. The molecule has 1 fully saturated rings. The fraction of sp³-hybridized carbons (Fsp3) is 0.300. The van der Waals surface area contributed by atoms with Gasteiger partial charge >= 0.3 is 0 Å². The van der Waals surface area contributed by atoms with Crippen LogP contribution >= 0.6 is 11.8 Å². The molecular weight excluding hydrogens is 370 g/mol. The Balaban J connectivity index is 1.49. The van der Waals surface area contributed by atoms with Crippen LogP contribution in [0.4, 0.5) is 14.5 Å². The van der Waals surface area contributed by atoms with Crippen molar-refractivity contribution in [1.82, 2.24) is 5.32 Å². The first-order chi connectivity index (χ1) is 13.0. The molecule has 0 radical (unpaired) electrons. The molecule has 3 rings (SSSR count). The number of benzene rings is 2. The fourth-order valence-corrected chi connectivity index (χ4v) is 3.68. The van der Waals surface area contributed by atoms with Crippen LogP contribution in [-0.4, -0.2) is 23.6 Å². The Morgan fingerprint density at radius 3 is 2.37 bits per heavy atom. The van der Waals surface area contributed by atoms with Crippen molar-refractivity contribution in [2.75, 3.05) is 11.1 Å². The van der Waals surface area contributed by atoms with Crippen molar-refractivity contribution in [2.24, 2.45) is 0 Å². The van der Waals surface area contributed by atoms with E-state index >= 15 is 0 Å². The number of hydrogen-bond acceptors (Lipinski definition) is 3. The maximum absolute atomic E-state index is 13.2. The van der Waals surface area contributed by atoms with E-state index in [4.69, 9.17) is 0 Å². The summed E-state index contributed by atoms with van der Waals surface area (Å²) in [7, 11) is 0. The average Bonchev–Trinajstić information content (AvgIpc) is 3.16. The van der Waals surface area contributed by atoms with Crippen LogP contribution in [0.3, 0.4) is 0 Å². The Labute approximate surface area is 160 Å². The molecule has 2 N–H and O–H groups in total. The highest BCUT2D eigenvalue weighted by Gasteiger charge is 2.17. The van der Waals surface area contributed by atoms with Crippen LogP contribution < -0.4 is 10.6 Å². The third-order valence-corrected chi connectivity index (χ3v) is 5.38. The van der Waals surface area contributed by atoms with E-state index < -0.39 is 11.6 Å². The summed E-state index contributed by atoms with van der Waals surface area (Å²) in [6.07, 6.45) is 4.35. The first-order valence-electron chi connectivity index (χ1n) is 8.80. The molecule has 0 heterocycles. The summed E-state index contributed by atoms with van der Waals surface area (Å²) in [6, 6.07) is 10.5. The van der Waals surface area contributed by atoms with Crippen LogP contribution in [0.2, 0.25) is 0 Å². The van der Waals surface area contributed by atoms with Gasteiger partial charge in [-0.1, -0.05) is 12.8 Å². The number of carbonyl (C=O) groups excluding carboxylic acids is 2. The summed E-state index contributed by atoms with van der Waals surface area (Å²) >= 11 is 1.11. The van der Waals surface area contributed by atoms with E-state index in [-0.39, 0.29) is 23.6 Å². The van der Waals surface area contributed by atoms with Gasteiger partial charge < -0.3 is 10.6 Å². The SMILES string of the molecule is O=C(CSc1ccc(F)c(F)c1)Nc1ccc(C(=O)NC2CCCC2)cc1. The smallest absolute Gasteiger partial charge is 0.251 e. The normalized spacial score (nSPS) is 14.1. The molecule has 2 aromatic carbocycles. The molecule has 0 aliphatic heterocycles. The molecular formula is C20H20F2N2O2S. The van der Waals surface area contributed by atoms with Crippen LogP contribution in [0.25, 0.3) is 0 Å². The molecule has 0 aromatic heterocycles. The zero-order chi connectivity index (χ0) is 19.2. The largest absolute Gasteiger partial charge is 0.349 e. The van der Waals surface area contributed by atoms with Crippen LogP contribution in [0.5, 0.6) is 0 Å². The first kappa shape index (κ1) is 19.4. The summed E-state index contributed by atoms with van der Waals surface area (Å²) in [5.41, 5.74) is 1.12. The zero-order valence-corrected chi connectivity index (χ0v) is 15.5. The highest BCUT2D eigenvalue weighted by Crippen LogP contribution is 2.21. The molecule has 1 aliphatic carbocycles. The second kappa shape index (κ2) is 8.99. The van der Waals surface area contributed by atoms with Crippen molar-refractivity contribution in [3.8, 4) is 0 Å². The Kier molecular flexibility index (Phi) is 6.45. The quantitative estimate of drug-likeness (QED) is 0.720. The van der Waals surface area contributed by atoms with E-state index in [2.05, 4.69) is 10.6 Å². The van der Waals surface area contributed by atoms with E-state index in [1.807, 2.05) is 0 Å². The molecule has 1 aliphatic rings. The first-order valence-corrected chi connectivity index (χ1v) is 9.78. The van der Waals surface area contributed by atoms with Gasteiger partial charge in [0.25, 0.3) is 5.91 Å². The molecule has 0 saturated heterocycles. The molecule has 2 amide bonds. The number of carbonyl (C=O) groups is 2. The van der Waals surface area contributed by atoms with Gasteiger partial charge in [-0.25, -0.2) is 8.78 Å². The van der Waals surface area contributed by atoms with Gasteiger partial charge in [-0.15, -0.1) is 11.8 Å². The minimum Gasteiger partial charge on any atom is -0.349 e. The molecule has 2 aromatic rings. The molecule has 0 unspecified atom stereocenters. The molecule has 0 spiro atoms. The number of hydrogen-bond donors (Lipinski definition) is 2. The fourth-order valence-electron chi connectivity index (χ4n) is 2.96. The van der Waals surface area contributed by atoms with E-state index in [9.17, 15) is 18.4 Å². The standard InChI is InChI=1S/C20H20F2N2O2S/c21-17-10-9-16(11-18(17)22)27-12-19(25)23-15-7-5-13(6-8-15)20(26)24-14-3-1-2-4-14/h5-11,14H,1-4,12H2,(H,23,25)(H,24,26). The zero-order valence-electron chi connectivity index (χ0n) is 14.6. The Hall–Kier alpha value is -2.41. The summed E-state index contributed by atoms with van der Waals surface area (Å²) in [6.45, 7) is 0. The van der Waals surface area contributed by atoms with Gasteiger partial charge in [-0.3, -0.25) is 9.59 Å². The molecule has 4 nitrogen and oxygen atoms in total. The number of amides is 2. The molecule has 0 bridgehead atoms. The molecule has 27 heavy (non-hydrogen) atoms. The van der Waals surface area contributed by atoms with Gasteiger partial charge in [0, 0.05) is 22.2 Å². The number of halogens is 2. The number of anilines is 1. The van der Waals surface area contributed by atoms with Crippen molar-refractivity contribution in [1.29, 1.82) is 0 Å². The van der Waals surface area contributed by atoms with Crippen molar-refractivity contribution in [3.05, 3.63) is 59.7 Å². The van der Waals surface area contributed by atoms with Gasteiger partial charge in [-0.2, -0.15) is 0 Å². The van der Waals surface area contributed by atoms with Crippen LogP contribution in [0.1, 0.15) is 36.0 Å². The average molecular weight is 390 g/mol. The predicted octanol–water partition coefficient (Wildman–Crippen LogP) is 4.37. The number of nitrogens with one attached hydrogen (secondary N) is 2. The molecule has 142 valence electrons. The van der Waals surface area contributed by atoms with Crippen molar-refractivity contribution in [3.63, 3.8) is 0 Å². The van der Waals surface area contributed by atoms with Crippen LogP contribution in [0, 0.1) is 11.6 Å². The van der Waals surface area contributed by atoms with Crippen LogP contribution in [0.15, 0.2) is 47.4 Å². The number of rotatable bonds is 6. The lowest BCUT2D eigenvalue weighted by Gasteiger charge is -2.12. The maximum atomic E-state index is 13.2.